The van der Waals surface area contributed by atoms with E-state index < -0.39 is 40.9 Å². The molecule has 3 aliphatic heterocycles. The second-order valence-electron chi connectivity index (χ2n) is 12.5. The van der Waals surface area contributed by atoms with E-state index in [4.69, 9.17) is 4.74 Å². The van der Waals surface area contributed by atoms with Crippen LogP contribution in [0.25, 0.3) is 5.57 Å². The number of aryl methyl sites for hydroxylation is 1. The van der Waals surface area contributed by atoms with E-state index in [1.54, 1.807) is 0 Å². The van der Waals surface area contributed by atoms with Crippen molar-refractivity contribution in [1.82, 2.24) is 0 Å². The zero-order chi connectivity index (χ0) is 30.0. The molecular weight excluding hydrogens is 564 g/mol. The fourth-order valence-corrected chi connectivity index (χ4v) is 7.81. The molecule has 0 spiro atoms. The van der Waals surface area contributed by atoms with Gasteiger partial charge in [0, 0.05) is 33.4 Å². The molecule has 3 aromatic rings. The molecule has 41 heavy (non-hydrogen) atoms. The van der Waals surface area contributed by atoms with Gasteiger partial charge in [-0.05, 0) is 57.9 Å². The minimum absolute atomic E-state index is 0.185. The summed E-state index contributed by atoms with van der Waals surface area (Å²) < 4.78 is 79.5. The number of hydrogen-bond acceptors (Lipinski definition) is 6. The minimum Gasteiger partial charge on any atom is -0.453 e. The number of rotatable bonds is 3. The molecule has 11 heteroatoms. The maximum absolute atomic E-state index is 13.0. The van der Waals surface area contributed by atoms with Gasteiger partial charge in [0.25, 0.3) is 10.1 Å². The predicted octanol–water partition coefficient (Wildman–Crippen LogP) is 2.31. The molecule has 9 nitrogen and oxygen atoms in total. The zero-order valence-corrected chi connectivity index (χ0v) is 25.5. The standard InChI is InChI=1S/C30H32N2O7S2/c1-14-8-10-17(11-9-14)22-18-12-20-23(31-15(2)29(20,4)5)27(40(33,34)35)25(18)39-26-19(22)13-21-24(28(26)41(36,37)38)32-16(3)30(21,6)7/h8-13,15-16,31H,1-7H3,(H,33,34,35)(H,36,37,38)/p+1. The molecular formula is C30H33N2O7S2+. The van der Waals surface area contributed by atoms with E-state index >= 15 is 0 Å². The summed E-state index contributed by atoms with van der Waals surface area (Å²) in [5, 5.41) is 3.80. The van der Waals surface area contributed by atoms with Crippen LogP contribution in [0, 0.1) is 6.92 Å². The van der Waals surface area contributed by atoms with Gasteiger partial charge >= 0.3 is 10.1 Å². The third-order valence-corrected chi connectivity index (χ3v) is 11.2. The Morgan fingerprint density at radius 2 is 1.46 bits per heavy atom. The third kappa shape index (κ3) is 3.89. The van der Waals surface area contributed by atoms with Crippen molar-refractivity contribution in [2.24, 2.45) is 0 Å². The Kier molecular flexibility index (Phi) is 5.72. The Bertz CT molecular complexity index is 2030. The van der Waals surface area contributed by atoms with Crippen molar-refractivity contribution in [3.05, 3.63) is 74.8 Å². The number of ether oxygens (including phenoxy) is 1. The van der Waals surface area contributed by atoms with Gasteiger partial charge in [0.15, 0.2) is 22.4 Å². The van der Waals surface area contributed by atoms with E-state index in [2.05, 4.69) is 10.3 Å². The molecule has 6 rings (SSSR count). The number of nitrogens with one attached hydrogen (secondary N) is 2. The molecule has 0 saturated carbocycles. The van der Waals surface area contributed by atoms with Crippen molar-refractivity contribution >= 4 is 31.5 Å². The van der Waals surface area contributed by atoms with Gasteiger partial charge in [0.1, 0.15) is 0 Å². The molecule has 3 aliphatic rings. The molecule has 0 aromatic heterocycles. The first-order chi connectivity index (χ1) is 18.8. The average Bonchev–Trinajstić information content (AvgIpc) is 3.20. The van der Waals surface area contributed by atoms with Crippen molar-refractivity contribution < 1.29 is 35.7 Å². The Labute approximate surface area is 239 Å². The number of fused-ring (bicyclic) bond motifs is 4. The Morgan fingerprint density at radius 1 is 0.854 bits per heavy atom. The largest absolute Gasteiger partial charge is 0.453 e. The van der Waals surface area contributed by atoms with Gasteiger partial charge in [-0.3, -0.25) is 9.11 Å². The summed E-state index contributed by atoms with van der Waals surface area (Å²) in [7, 11) is -9.75. The van der Waals surface area contributed by atoms with Gasteiger partial charge in [-0.25, -0.2) is 4.99 Å². The maximum atomic E-state index is 13.0. The van der Waals surface area contributed by atoms with Crippen LogP contribution >= 0.6 is 0 Å². The van der Waals surface area contributed by atoms with Crippen molar-refractivity contribution in [1.29, 1.82) is 0 Å². The van der Waals surface area contributed by atoms with Crippen LogP contribution in [0.15, 0.2) is 46.2 Å². The molecule has 3 heterocycles. The van der Waals surface area contributed by atoms with Crippen LogP contribution in [0.2, 0.25) is 0 Å². The summed E-state index contributed by atoms with van der Waals surface area (Å²) in [6.07, 6.45) is 0. The first kappa shape index (κ1) is 27.9. The molecule has 0 fully saturated rings. The summed E-state index contributed by atoms with van der Waals surface area (Å²) in [4.78, 5) is 2.25. The van der Waals surface area contributed by atoms with Gasteiger partial charge in [-0.2, -0.15) is 16.8 Å². The lowest BCUT2D eigenvalue weighted by Gasteiger charge is -2.28. The van der Waals surface area contributed by atoms with Crippen LogP contribution in [0.3, 0.4) is 0 Å². The monoisotopic (exact) mass is 597 g/mol. The zero-order valence-electron chi connectivity index (χ0n) is 23.9. The Morgan fingerprint density at radius 3 is 2.05 bits per heavy atom. The number of anilines is 1. The molecule has 216 valence electrons. The highest BCUT2D eigenvalue weighted by atomic mass is 32.2. The molecule has 4 N–H and O–H groups in total. The summed E-state index contributed by atoms with van der Waals surface area (Å²) >= 11 is 0. The van der Waals surface area contributed by atoms with E-state index in [1.807, 2.05) is 84.9 Å². The molecule has 0 radical (unpaired) electrons. The van der Waals surface area contributed by atoms with Gasteiger partial charge in [0.2, 0.25) is 10.3 Å². The summed E-state index contributed by atoms with van der Waals surface area (Å²) in [6, 6.07) is 10.9. The average molecular weight is 598 g/mol. The lowest BCUT2D eigenvalue weighted by Crippen LogP contribution is -2.81. The van der Waals surface area contributed by atoms with Crippen LogP contribution in [-0.2, 0) is 31.1 Å². The molecule has 3 aromatic carbocycles. The van der Waals surface area contributed by atoms with Crippen LogP contribution in [-0.4, -0.2) is 38.0 Å². The topological polar surface area (TPSA) is 144 Å². The highest BCUT2D eigenvalue weighted by molar-refractivity contribution is 7.86. The van der Waals surface area contributed by atoms with Crippen molar-refractivity contribution in [2.75, 3.05) is 5.32 Å². The molecule has 0 saturated heterocycles. The number of benzene rings is 3. The molecule has 0 aliphatic carbocycles. The normalized spacial score (nSPS) is 21.6. The van der Waals surface area contributed by atoms with E-state index in [0.717, 1.165) is 5.56 Å². The van der Waals surface area contributed by atoms with Gasteiger partial charge in [-0.15, -0.1) is 0 Å². The van der Waals surface area contributed by atoms with Crippen molar-refractivity contribution in [2.45, 2.75) is 81.2 Å². The molecule has 2 unspecified atom stereocenters. The quantitative estimate of drug-likeness (QED) is 0.264. The lowest BCUT2D eigenvalue weighted by atomic mass is 9.78. The van der Waals surface area contributed by atoms with Crippen molar-refractivity contribution in [3.8, 4) is 11.5 Å². The third-order valence-electron chi connectivity index (χ3n) is 9.35. The van der Waals surface area contributed by atoms with Gasteiger partial charge in [0.05, 0.1) is 11.1 Å². The fraction of sp³-hybridized carbons (Fsp3) is 0.367. The van der Waals surface area contributed by atoms with E-state index in [1.165, 1.54) is 0 Å². The second-order valence-corrected chi connectivity index (χ2v) is 15.2. The van der Waals surface area contributed by atoms with Crippen LogP contribution in [0.1, 0.15) is 69.4 Å². The minimum atomic E-state index is -4.87. The number of hydrogen-bond donors (Lipinski definition) is 4. The molecule has 0 amide bonds. The maximum Gasteiger partial charge on any atom is 0.304 e. The van der Waals surface area contributed by atoms with Crippen LogP contribution < -0.4 is 25.6 Å². The lowest BCUT2D eigenvalue weighted by molar-refractivity contribution is -0.539. The first-order valence-corrected chi connectivity index (χ1v) is 16.3. The van der Waals surface area contributed by atoms with E-state index in [0.29, 0.717) is 33.0 Å². The van der Waals surface area contributed by atoms with E-state index in [9.17, 15) is 25.9 Å². The fourth-order valence-electron chi connectivity index (χ4n) is 6.19. The van der Waals surface area contributed by atoms with Crippen molar-refractivity contribution in [3.63, 3.8) is 0 Å². The summed E-state index contributed by atoms with van der Waals surface area (Å²) in [5.41, 5.74) is 3.17. The second kappa shape index (κ2) is 8.41. The highest BCUT2D eigenvalue weighted by Gasteiger charge is 2.47. The Balaban J connectivity index is 1.90. The highest BCUT2D eigenvalue weighted by Crippen LogP contribution is 2.52. The Hall–Kier alpha value is -3.25. The SMILES string of the molecule is Cc1ccc(C2=c3cc4c(c(S(=O)(=O)O)c3Oc3c2cc2c(c3S(=O)(=O)O)NC(C)C2(C)C)=[NH+]C(C)C4(C)C)cc1. The summed E-state index contributed by atoms with van der Waals surface area (Å²) in [6.45, 7) is 13.7. The first-order valence-electron chi connectivity index (χ1n) is 13.4. The summed E-state index contributed by atoms with van der Waals surface area (Å²) in [5.74, 6) is -0.413. The van der Waals surface area contributed by atoms with Crippen LogP contribution in [0.5, 0.6) is 11.5 Å². The predicted molar refractivity (Wildman–Crippen MR) is 153 cm³/mol. The smallest absolute Gasteiger partial charge is 0.304 e. The van der Waals surface area contributed by atoms with Gasteiger partial charge < -0.3 is 10.1 Å². The van der Waals surface area contributed by atoms with E-state index in [-0.39, 0.29) is 34.6 Å². The van der Waals surface area contributed by atoms with Crippen LogP contribution in [0.4, 0.5) is 5.69 Å². The molecule has 2 atom stereocenters. The molecule has 0 bridgehead atoms. The van der Waals surface area contributed by atoms with Gasteiger partial charge in [-0.1, -0.05) is 43.7 Å².